The Bertz CT molecular complexity index is 890. The van der Waals surface area contributed by atoms with Gasteiger partial charge in [-0.05, 0) is 48.4 Å². The lowest BCUT2D eigenvalue weighted by Crippen LogP contribution is -2.22. The van der Waals surface area contributed by atoms with E-state index in [1.165, 1.54) is 23.3 Å². The summed E-state index contributed by atoms with van der Waals surface area (Å²) >= 11 is 6.13. The van der Waals surface area contributed by atoms with Crippen molar-refractivity contribution < 1.29 is 0 Å². The van der Waals surface area contributed by atoms with Gasteiger partial charge in [0.15, 0.2) is 9.50 Å². The molecule has 114 valence electrons. The van der Waals surface area contributed by atoms with Crippen LogP contribution in [0.4, 0.5) is 0 Å². The Morgan fingerprint density at radius 3 is 2.82 bits per heavy atom. The monoisotopic (exact) mass is 396 g/mol. The maximum atomic E-state index is 12.6. The van der Waals surface area contributed by atoms with Gasteiger partial charge < -0.3 is 0 Å². The standard InChI is InChI=1S/C14H13BrN4OS2/c1-3-11-17-14(22-18-11)21-13-16-10-6-5-8(15)7-9(10)12(20)19(13)4-2/h5-7H,3-4H2,1-2H3. The fraction of sp³-hybridized carbons (Fsp3) is 0.286. The van der Waals surface area contributed by atoms with Crippen LogP contribution in [0.3, 0.4) is 0 Å². The van der Waals surface area contributed by atoms with Crippen molar-refractivity contribution in [1.29, 1.82) is 0 Å². The quantitative estimate of drug-likeness (QED) is 0.628. The molecule has 0 radical (unpaired) electrons. The van der Waals surface area contributed by atoms with E-state index in [4.69, 9.17) is 0 Å². The van der Waals surface area contributed by atoms with Gasteiger partial charge in [0, 0.05) is 17.4 Å². The van der Waals surface area contributed by atoms with Gasteiger partial charge in [0.25, 0.3) is 5.56 Å². The second kappa shape index (κ2) is 6.47. The number of rotatable bonds is 4. The largest absolute Gasteiger partial charge is 0.287 e. The van der Waals surface area contributed by atoms with Crippen molar-refractivity contribution in [3.8, 4) is 0 Å². The molecule has 0 unspecified atom stereocenters. The second-order valence-corrected chi connectivity index (χ2v) is 7.42. The van der Waals surface area contributed by atoms with E-state index in [0.29, 0.717) is 22.6 Å². The minimum Gasteiger partial charge on any atom is -0.287 e. The zero-order valence-electron chi connectivity index (χ0n) is 12.0. The van der Waals surface area contributed by atoms with E-state index in [1.807, 2.05) is 32.0 Å². The lowest BCUT2D eigenvalue weighted by atomic mass is 10.2. The van der Waals surface area contributed by atoms with Gasteiger partial charge in [-0.25, -0.2) is 9.97 Å². The summed E-state index contributed by atoms with van der Waals surface area (Å²) in [5.41, 5.74) is 0.664. The molecular formula is C14H13BrN4OS2. The Labute approximate surface area is 144 Å². The molecule has 0 bridgehead atoms. The van der Waals surface area contributed by atoms with Gasteiger partial charge in [0.2, 0.25) is 0 Å². The van der Waals surface area contributed by atoms with Gasteiger partial charge >= 0.3 is 0 Å². The highest BCUT2D eigenvalue weighted by Crippen LogP contribution is 2.28. The van der Waals surface area contributed by atoms with Crippen molar-refractivity contribution in [2.24, 2.45) is 0 Å². The number of halogens is 1. The van der Waals surface area contributed by atoms with Crippen LogP contribution in [0.25, 0.3) is 10.9 Å². The van der Waals surface area contributed by atoms with E-state index in [0.717, 1.165) is 21.1 Å². The molecule has 5 nitrogen and oxygen atoms in total. The average molecular weight is 397 g/mol. The van der Waals surface area contributed by atoms with Crippen LogP contribution in [0, 0.1) is 0 Å². The highest BCUT2D eigenvalue weighted by Gasteiger charge is 2.14. The van der Waals surface area contributed by atoms with Gasteiger partial charge in [-0.15, -0.1) is 0 Å². The summed E-state index contributed by atoms with van der Waals surface area (Å²) < 4.78 is 7.63. The van der Waals surface area contributed by atoms with Gasteiger partial charge in [0.1, 0.15) is 5.82 Å². The number of fused-ring (bicyclic) bond motifs is 1. The highest BCUT2D eigenvalue weighted by molar-refractivity contribution is 9.10. The van der Waals surface area contributed by atoms with E-state index >= 15 is 0 Å². The minimum atomic E-state index is -0.0310. The van der Waals surface area contributed by atoms with Gasteiger partial charge in [-0.3, -0.25) is 9.36 Å². The van der Waals surface area contributed by atoms with Crippen molar-refractivity contribution >= 4 is 50.1 Å². The molecular weight excluding hydrogens is 384 g/mol. The molecule has 0 saturated heterocycles. The Morgan fingerprint density at radius 1 is 1.32 bits per heavy atom. The van der Waals surface area contributed by atoms with Crippen molar-refractivity contribution in [1.82, 2.24) is 18.9 Å². The van der Waals surface area contributed by atoms with E-state index in [-0.39, 0.29) is 5.56 Å². The summed E-state index contributed by atoms with van der Waals surface area (Å²) in [5, 5.41) is 1.27. The number of nitrogens with zero attached hydrogens (tertiary/aromatic N) is 4. The number of aryl methyl sites for hydroxylation is 1. The third-order valence-electron chi connectivity index (χ3n) is 3.14. The van der Waals surface area contributed by atoms with Crippen LogP contribution in [0.2, 0.25) is 0 Å². The molecule has 0 spiro atoms. The smallest absolute Gasteiger partial charge is 0.262 e. The van der Waals surface area contributed by atoms with E-state index in [9.17, 15) is 4.79 Å². The Kier molecular flexibility index (Phi) is 4.60. The van der Waals surface area contributed by atoms with Gasteiger partial charge in [0.05, 0.1) is 10.9 Å². The predicted molar refractivity (Wildman–Crippen MR) is 92.8 cm³/mol. The molecule has 2 heterocycles. The first-order valence-electron chi connectivity index (χ1n) is 6.83. The van der Waals surface area contributed by atoms with Crippen molar-refractivity contribution in [2.45, 2.75) is 36.3 Å². The molecule has 22 heavy (non-hydrogen) atoms. The fourth-order valence-electron chi connectivity index (χ4n) is 2.03. The zero-order valence-corrected chi connectivity index (χ0v) is 15.3. The van der Waals surface area contributed by atoms with Gasteiger partial charge in [-0.2, -0.15) is 4.37 Å². The van der Waals surface area contributed by atoms with E-state index < -0.39 is 0 Å². The first-order chi connectivity index (χ1) is 10.6. The molecule has 0 aliphatic rings. The molecule has 0 N–H and O–H groups in total. The van der Waals surface area contributed by atoms with Crippen LogP contribution in [-0.2, 0) is 13.0 Å². The summed E-state index contributed by atoms with van der Waals surface area (Å²) in [7, 11) is 0. The molecule has 8 heteroatoms. The third-order valence-corrected chi connectivity index (χ3v) is 5.42. The van der Waals surface area contributed by atoms with Crippen LogP contribution in [0.1, 0.15) is 19.7 Å². The van der Waals surface area contributed by atoms with Crippen LogP contribution in [0.5, 0.6) is 0 Å². The molecule has 0 saturated carbocycles. The van der Waals surface area contributed by atoms with Crippen LogP contribution in [-0.4, -0.2) is 18.9 Å². The SMILES string of the molecule is CCc1nsc(Sc2nc3ccc(Br)cc3c(=O)n2CC)n1. The Balaban J connectivity index is 2.12. The minimum absolute atomic E-state index is 0.0310. The number of hydrogen-bond acceptors (Lipinski definition) is 6. The number of benzene rings is 1. The molecule has 1 aromatic carbocycles. The Hall–Kier alpha value is -1.25. The van der Waals surface area contributed by atoms with E-state index in [1.54, 1.807) is 4.57 Å². The zero-order chi connectivity index (χ0) is 15.7. The summed E-state index contributed by atoms with van der Waals surface area (Å²) in [4.78, 5) is 21.7. The molecule has 0 aliphatic carbocycles. The lowest BCUT2D eigenvalue weighted by Gasteiger charge is -2.09. The Morgan fingerprint density at radius 2 is 2.14 bits per heavy atom. The molecule has 2 aromatic heterocycles. The highest BCUT2D eigenvalue weighted by atomic mass is 79.9. The third kappa shape index (κ3) is 2.95. The molecule has 0 aliphatic heterocycles. The van der Waals surface area contributed by atoms with Crippen LogP contribution >= 0.6 is 39.2 Å². The maximum Gasteiger partial charge on any atom is 0.262 e. The molecule has 0 amide bonds. The van der Waals surface area contributed by atoms with Crippen molar-refractivity contribution in [2.75, 3.05) is 0 Å². The predicted octanol–water partition coefficient (Wildman–Crippen LogP) is 3.74. The average Bonchev–Trinajstić information content (AvgIpc) is 2.96. The lowest BCUT2D eigenvalue weighted by molar-refractivity contribution is 0.634. The summed E-state index contributed by atoms with van der Waals surface area (Å²) in [5.74, 6) is 0.822. The number of hydrogen-bond donors (Lipinski definition) is 0. The molecule has 3 aromatic rings. The fourth-order valence-corrected chi connectivity index (χ4v) is 4.15. The first-order valence-corrected chi connectivity index (χ1v) is 9.21. The summed E-state index contributed by atoms with van der Waals surface area (Å²) in [6.07, 6.45) is 0.802. The van der Waals surface area contributed by atoms with Gasteiger partial charge in [-0.1, -0.05) is 22.9 Å². The normalized spacial score (nSPS) is 11.2. The second-order valence-electron chi connectivity index (χ2n) is 4.54. The summed E-state index contributed by atoms with van der Waals surface area (Å²) in [6, 6.07) is 5.55. The topological polar surface area (TPSA) is 60.7 Å². The first kappa shape index (κ1) is 15.6. The van der Waals surface area contributed by atoms with Crippen LogP contribution in [0.15, 0.2) is 37.0 Å². The van der Waals surface area contributed by atoms with Crippen LogP contribution < -0.4 is 5.56 Å². The number of aromatic nitrogens is 4. The summed E-state index contributed by atoms with van der Waals surface area (Å²) in [6.45, 7) is 4.52. The molecule has 0 atom stereocenters. The van der Waals surface area contributed by atoms with E-state index in [2.05, 4.69) is 30.3 Å². The molecule has 0 fully saturated rings. The van der Waals surface area contributed by atoms with Crippen molar-refractivity contribution in [3.63, 3.8) is 0 Å². The molecule has 3 rings (SSSR count). The maximum absolute atomic E-state index is 12.6. The van der Waals surface area contributed by atoms with Crippen molar-refractivity contribution in [3.05, 3.63) is 38.9 Å².